The first-order chi connectivity index (χ1) is 31.3. The Kier molecular flexibility index (Phi) is 13.4. The molecule has 334 valence electrons. The van der Waals surface area contributed by atoms with Crippen LogP contribution in [0.15, 0.2) is 131 Å². The molecule has 0 bridgehead atoms. The van der Waals surface area contributed by atoms with Crippen LogP contribution in [0.2, 0.25) is 0 Å². The molecule has 8 N–H and O–H groups in total. The molecular formula is C46H34N4O15S. The second-order valence-electron chi connectivity index (χ2n) is 14.0. The van der Waals surface area contributed by atoms with Crippen LogP contribution in [-0.2, 0) is 9.84 Å². The Balaban J connectivity index is 1.16. The molecule has 4 amide bonds. The van der Waals surface area contributed by atoms with Crippen molar-refractivity contribution in [2.45, 2.75) is 16.7 Å². The molecule has 0 atom stereocenters. The van der Waals surface area contributed by atoms with Gasteiger partial charge in [0.05, 0.1) is 54.3 Å². The summed E-state index contributed by atoms with van der Waals surface area (Å²) in [4.78, 5) is 100. The predicted molar refractivity (Wildman–Crippen MR) is 234 cm³/mol. The highest BCUT2D eigenvalue weighted by atomic mass is 32.2. The van der Waals surface area contributed by atoms with Gasteiger partial charge in [-0.1, -0.05) is 18.2 Å². The van der Waals surface area contributed by atoms with Crippen LogP contribution in [0.1, 0.15) is 88.4 Å². The van der Waals surface area contributed by atoms with Gasteiger partial charge in [0.2, 0.25) is 9.84 Å². The maximum absolute atomic E-state index is 13.6. The van der Waals surface area contributed by atoms with Gasteiger partial charge in [-0.05, 0) is 116 Å². The summed E-state index contributed by atoms with van der Waals surface area (Å²) in [7, 11) is -2.80. The minimum absolute atomic E-state index is 0.00426. The van der Waals surface area contributed by atoms with Gasteiger partial charge in [0.25, 0.3) is 23.6 Å². The lowest BCUT2D eigenvalue weighted by Gasteiger charge is -2.14. The van der Waals surface area contributed by atoms with Crippen molar-refractivity contribution in [3.8, 4) is 11.5 Å². The van der Waals surface area contributed by atoms with E-state index in [0.29, 0.717) is 11.6 Å². The molecule has 0 spiro atoms. The fourth-order valence-electron chi connectivity index (χ4n) is 6.40. The number of carboxylic acids is 4. The number of sulfone groups is 1. The Morgan fingerprint density at radius 3 is 1.15 bits per heavy atom. The topological polar surface area (TPSA) is 309 Å². The SMILES string of the molecule is CNC(=O)c1cc(C(=O)Nc2ccc(Oc3ccc(NC(=O)c4cc(C(=O)Nc5cccc(S(=O)(=O)c6cccc(C)c6)c5)c(C(=O)O)cc4C(=O)O)cc3)cc2)c(C(=O)O)cc1C(=O)O. The number of nitrogens with one attached hydrogen (secondary N) is 4. The van der Waals surface area contributed by atoms with Gasteiger partial charge in [-0.3, -0.25) is 19.2 Å². The Labute approximate surface area is 373 Å². The maximum Gasteiger partial charge on any atom is 0.336 e. The number of aryl methyl sites for hydroxylation is 1. The van der Waals surface area contributed by atoms with Crippen LogP contribution in [0.5, 0.6) is 11.5 Å². The molecule has 0 saturated heterocycles. The Morgan fingerprint density at radius 1 is 0.424 bits per heavy atom. The molecule has 0 aliphatic rings. The van der Waals surface area contributed by atoms with Crippen LogP contribution in [0.3, 0.4) is 0 Å². The van der Waals surface area contributed by atoms with Gasteiger partial charge in [0, 0.05) is 24.1 Å². The number of carboxylic acid groups (broad SMARTS) is 4. The van der Waals surface area contributed by atoms with E-state index in [-0.39, 0.29) is 38.4 Å². The number of ether oxygens (including phenoxy) is 1. The van der Waals surface area contributed by atoms with E-state index in [0.717, 1.165) is 24.3 Å². The monoisotopic (exact) mass is 914 g/mol. The minimum Gasteiger partial charge on any atom is -0.478 e. The molecule has 0 aliphatic carbocycles. The van der Waals surface area contributed by atoms with E-state index in [4.69, 9.17) is 4.74 Å². The van der Waals surface area contributed by atoms with Crippen LogP contribution in [0, 0.1) is 6.92 Å². The predicted octanol–water partition coefficient (Wildman–Crippen LogP) is 6.53. The first-order valence-corrected chi connectivity index (χ1v) is 20.5. The summed E-state index contributed by atoms with van der Waals surface area (Å²) in [6.07, 6.45) is 0. The fraction of sp³-hybridized carbons (Fsp3) is 0.0435. The Morgan fingerprint density at radius 2 is 0.773 bits per heavy atom. The van der Waals surface area contributed by atoms with E-state index in [1.807, 2.05) is 0 Å². The summed E-state index contributed by atoms with van der Waals surface area (Å²) in [5.41, 5.74) is -3.91. The average molecular weight is 915 g/mol. The quantitative estimate of drug-likeness (QED) is 0.0543. The average Bonchev–Trinajstić information content (AvgIpc) is 3.28. The molecule has 0 unspecified atom stereocenters. The third-order valence-corrected chi connectivity index (χ3v) is 11.4. The summed E-state index contributed by atoms with van der Waals surface area (Å²) in [5, 5.41) is 48.7. The molecule has 19 nitrogen and oxygen atoms in total. The van der Waals surface area contributed by atoms with Crippen LogP contribution in [-0.4, -0.2) is 83.4 Å². The molecule has 0 radical (unpaired) electrons. The molecule has 0 saturated carbocycles. The first-order valence-electron chi connectivity index (χ1n) is 19.0. The van der Waals surface area contributed by atoms with E-state index in [2.05, 4.69) is 21.3 Å². The second kappa shape index (κ2) is 19.1. The number of benzene rings is 6. The van der Waals surface area contributed by atoms with E-state index < -0.39 is 102 Å². The number of carbonyl (C=O) groups is 8. The molecular weight excluding hydrogens is 881 g/mol. The summed E-state index contributed by atoms with van der Waals surface area (Å²) in [6, 6.07) is 25.8. The zero-order valence-corrected chi connectivity index (χ0v) is 35.1. The molecule has 0 heterocycles. The van der Waals surface area contributed by atoms with Crippen molar-refractivity contribution in [3.63, 3.8) is 0 Å². The summed E-state index contributed by atoms with van der Waals surface area (Å²) < 4.78 is 32.5. The van der Waals surface area contributed by atoms with Gasteiger partial charge >= 0.3 is 23.9 Å². The molecule has 6 aromatic carbocycles. The van der Waals surface area contributed by atoms with Crippen molar-refractivity contribution in [2.75, 3.05) is 23.0 Å². The third kappa shape index (κ3) is 10.2. The number of amides is 4. The lowest BCUT2D eigenvalue weighted by atomic mass is 9.96. The van der Waals surface area contributed by atoms with Gasteiger partial charge in [0.15, 0.2) is 0 Å². The summed E-state index contributed by atoms with van der Waals surface area (Å²) in [6.45, 7) is 1.72. The van der Waals surface area contributed by atoms with Gasteiger partial charge in [-0.2, -0.15) is 0 Å². The number of anilines is 3. The van der Waals surface area contributed by atoms with Crippen LogP contribution >= 0.6 is 0 Å². The molecule has 0 fully saturated rings. The van der Waals surface area contributed by atoms with Crippen molar-refractivity contribution >= 4 is 74.4 Å². The van der Waals surface area contributed by atoms with Crippen molar-refractivity contribution in [1.29, 1.82) is 0 Å². The van der Waals surface area contributed by atoms with Crippen molar-refractivity contribution < 1.29 is 71.9 Å². The van der Waals surface area contributed by atoms with E-state index >= 15 is 0 Å². The molecule has 6 aromatic rings. The van der Waals surface area contributed by atoms with E-state index in [9.17, 15) is 67.2 Å². The molecule has 0 aliphatic heterocycles. The minimum atomic E-state index is -4.03. The zero-order chi connectivity index (χ0) is 48.0. The molecule has 0 aromatic heterocycles. The molecule has 6 rings (SSSR count). The normalized spacial score (nSPS) is 10.8. The Hall–Kier alpha value is -9.17. The number of hydrogen-bond donors (Lipinski definition) is 8. The van der Waals surface area contributed by atoms with E-state index in [1.54, 1.807) is 19.1 Å². The lowest BCUT2D eigenvalue weighted by Crippen LogP contribution is -2.24. The third-order valence-electron chi connectivity index (χ3n) is 9.60. The maximum atomic E-state index is 13.6. The van der Waals surface area contributed by atoms with Crippen molar-refractivity contribution in [1.82, 2.24) is 5.32 Å². The lowest BCUT2D eigenvalue weighted by molar-refractivity contribution is 0.0672. The Bertz CT molecular complexity index is 3130. The van der Waals surface area contributed by atoms with Gasteiger partial charge in [-0.25, -0.2) is 27.6 Å². The second-order valence-corrected chi connectivity index (χ2v) is 16.0. The van der Waals surface area contributed by atoms with Crippen molar-refractivity contribution in [3.05, 3.63) is 171 Å². The van der Waals surface area contributed by atoms with Crippen LogP contribution < -0.4 is 26.0 Å². The standard InChI is InChI=1S/C46H34N4O15S/c1-23-5-3-7-29(17-23)66(63,64)30-8-4-6-26(18-30)50-42(54)34-20-33(37(45(59)60)22-38(34)46(61)62)41(53)49-25-11-15-28(16-12-25)65-27-13-9-24(10-14-27)48-40(52)32-19-31(39(51)47-2)35(43(55)56)21-36(32)44(57)58/h3-22H,1-2H3,(H,47,51)(H,48,52)(H,49,53)(H,50,54)(H,55,56)(H,57,58)(H,59,60)(H,61,62). The summed E-state index contributed by atoms with van der Waals surface area (Å²) >= 11 is 0. The highest BCUT2D eigenvalue weighted by molar-refractivity contribution is 7.91. The zero-order valence-electron chi connectivity index (χ0n) is 34.2. The highest BCUT2D eigenvalue weighted by Gasteiger charge is 2.28. The number of carbonyl (C=O) groups excluding carboxylic acids is 4. The van der Waals surface area contributed by atoms with E-state index in [1.165, 1.54) is 85.9 Å². The number of hydrogen-bond acceptors (Lipinski definition) is 11. The number of rotatable bonds is 15. The van der Waals surface area contributed by atoms with Crippen LogP contribution in [0.25, 0.3) is 0 Å². The van der Waals surface area contributed by atoms with Crippen molar-refractivity contribution in [2.24, 2.45) is 0 Å². The molecule has 66 heavy (non-hydrogen) atoms. The number of aromatic carboxylic acids is 4. The molecule has 20 heteroatoms. The highest BCUT2D eigenvalue weighted by Crippen LogP contribution is 2.28. The smallest absolute Gasteiger partial charge is 0.336 e. The fourth-order valence-corrected chi connectivity index (χ4v) is 7.81. The van der Waals surface area contributed by atoms with Crippen LogP contribution in [0.4, 0.5) is 17.1 Å². The van der Waals surface area contributed by atoms with Gasteiger partial charge in [-0.15, -0.1) is 0 Å². The van der Waals surface area contributed by atoms with Gasteiger partial charge in [0.1, 0.15) is 11.5 Å². The summed E-state index contributed by atoms with van der Waals surface area (Å²) in [5.74, 6) is -9.99. The van der Waals surface area contributed by atoms with Gasteiger partial charge < -0.3 is 46.4 Å². The first kappa shape index (κ1) is 46.3. The largest absolute Gasteiger partial charge is 0.478 e.